The Bertz CT molecular complexity index is 1810. The lowest BCUT2D eigenvalue weighted by atomic mass is 9.77. The molecule has 1 amide bonds. The van der Waals surface area contributed by atoms with Gasteiger partial charge in [-0.2, -0.15) is 4.57 Å². The number of benzene rings is 3. The van der Waals surface area contributed by atoms with Crippen LogP contribution in [0.3, 0.4) is 0 Å². The third-order valence-corrected chi connectivity index (χ3v) is 8.86. The van der Waals surface area contributed by atoms with Crippen molar-refractivity contribution >= 4 is 22.0 Å². The lowest BCUT2D eigenvalue weighted by Crippen LogP contribution is -2.50. The second-order valence-corrected chi connectivity index (χ2v) is 11.7. The van der Waals surface area contributed by atoms with Gasteiger partial charge in [-0.05, 0) is 66.6 Å². The minimum atomic E-state index is -4.84. The molecule has 2 aliphatic rings. The first-order valence-electron chi connectivity index (χ1n) is 13.6. The van der Waals surface area contributed by atoms with Crippen molar-refractivity contribution in [3.63, 3.8) is 0 Å². The normalized spacial score (nSPS) is 13.3. The average molecular weight is 584 g/mol. The van der Waals surface area contributed by atoms with Crippen molar-refractivity contribution in [2.24, 2.45) is 0 Å². The van der Waals surface area contributed by atoms with Crippen LogP contribution in [0.5, 0.6) is 5.75 Å². The average Bonchev–Trinajstić information content (AvgIpc) is 2.98. The first-order valence-corrected chi connectivity index (χ1v) is 15.0. The van der Waals surface area contributed by atoms with Gasteiger partial charge in [-0.3, -0.25) is 4.79 Å². The first kappa shape index (κ1) is 27.6. The van der Waals surface area contributed by atoms with Gasteiger partial charge in [0.25, 0.3) is 5.91 Å². The van der Waals surface area contributed by atoms with Crippen molar-refractivity contribution in [2.45, 2.75) is 37.1 Å². The van der Waals surface area contributed by atoms with Gasteiger partial charge in [-0.15, -0.1) is 0 Å². The Morgan fingerprint density at radius 1 is 0.881 bits per heavy atom. The summed E-state index contributed by atoms with van der Waals surface area (Å²) in [6.45, 7) is -0.739. The molecule has 0 bridgehead atoms. The van der Waals surface area contributed by atoms with Crippen LogP contribution in [-0.2, 0) is 51.9 Å². The molecule has 0 spiro atoms. The molecule has 4 aromatic rings. The SMILES string of the molecule is COc1ccc(-c2c3c([n+](CC(=O)NCC(=O)[O-])c4c2CCc2ccccc2-4)-c2ccccc2CC3)cc1S(=O)(=O)[O-]. The molecule has 0 radical (unpaired) electrons. The minimum Gasteiger partial charge on any atom is -0.744 e. The molecule has 0 aliphatic heterocycles. The van der Waals surface area contributed by atoms with Crippen molar-refractivity contribution in [1.82, 2.24) is 5.32 Å². The van der Waals surface area contributed by atoms with Crippen molar-refractivity contribution in [3.05, 3.63) is 89.0 Å². The molecule has 0 unspecified atom stereocenters. The Morgan fingerprint density at radius 3 is 1.98 bits per heavy atom. The highest BCUT2D eigenvalue weighted by molar-refractivity contribution is 7.85. The molecule has 0 fully saturated rings. The highest BCUT2D eigenvalue weighted by Gasteiger charge is 2.38. The molecule has 42 heavy (non-hydrogen) atoms. The molecule has 0 atom stereocenters. The third kappa shape index (κ3) is 4.82. The van der Waals surface area contributed by atoms with Gasteiger partial charge in [0.2, 0.25) is 17.9 Å². The van der Waals surface area contributed by atoms with E-state index in [4.69, 9.17) is 4.74 Å². The molecule has 10 heteroatoms. The number of fused-ring (bicyclic) bond motifs is 6. The molecule has 1 N–H and O–H groups in total. The molecule has 1 aromatic heterocycles. The summed E-state index contributed by atoms with van der Waals surface area (Å²) >= 11 is 0. The molecule has 0 saturated heterocycles. The maximum Gasteiger partial charge on any atom is 0.286 e. The summed E-state index contributed by atoms with van der Waals surface area (Å²) in [4.78, 5) is 23.8. The molecule has 9 nitrogen and oxygen atoms in total. The summed E-state index contributed by atoms with van der Waals surface area (Å²) in [7, 11) is -3.52. The van der Waals surface area contributed by atoms with Crippen LogP contribution in [0.15, 0.2) is 71.6 Å². The van der Waals surface area contributed by atoms with E-state index in [-0.39, 0.29) is 12.3 Å². The number of methoxy groups -OCH3 is 1. The van der Waals surface area contributed by atoms with Crippen LogP contribution in [0, 0.1) is 0 Å². The number of hydrogen-bond acceptors (Lipinski definition) is 7. The minimum absolute atomic E-state index is 0.0252. The number of carboxylic acid groups (broad SMARTS) is 1. The number of carbonyl (C=O) groups is 2. The second kappa shape index (κ2) is 10.7. The van der Waals surface area contributed by atoms with E-state index in [9.17, 15) is 27.7 Å². The number of aromatic nitrogens is 1. The van der Waals surface area contributed by atoms with Crippen LogP contribution in [0.1, 0.15) is 22.3 Å². The van der Waals surface area contributed by atoms with Gasteiger partial charge in [0.15, 0.2) is 0 Å². The van der Waals surface area contributed by atoms with E-state index in [1.54, 1.807) is 6.07 Å². The number of pyridine rings is 1. The number of amides is 1. The zero-order valence-electron chi connectivity index (χ0n) is 22.8. The maximum atomic E-state index is 13.2. The molecule has 214 valence electrons. The Hall–Kier alpha value is -4.54. The van der Waals surface area contributed by atoms with Crippen LogP contribution in [0.2, 0.25) is 0 Å². The Labute approximate surface area is 243 Å². The van der Waals surface area contributed by atoms with Gasteiger partial charge in [0, 0.05) is 27.8 Å². The third-order valence-electron chi connectivity index (χ3n) is 8.00. The van der Waals surface area contributed by atoms with Crippen molar-refractivity contribution in [3.8, 4) is 39.4 Å². The van der Waals surface area contributed by atoms with Gasteiger partial charge in [0.1, 0.15) is 15.9 Å². The highest BCUT2D eigenvalue weighted by Crippen LogP contribution is 2.45. The molecule has 3 aromatic carbocycles. The predicted molar refractivity (Wildman–Crippen MR) is 150 cm³/mol. The van der Waals surface area contributed by atoms with Gasteiger partial charge in [0.05, 0.1) is 24.5 Å². The highest BCUT2D eigenvalue weighted by atomic mass is 32.2. The quantitative estimate of drug-likeness (QED) is 0.259. The zero-order valence-corrected chi connectivity index (χ0v) is 23.6. The molecule has 6 rings (SSSR count). The lowest BCUT2D eigenvalue weighted by Gasteiger charge is -2.28. The molecule has 1 heterocycles. The predicted octanol–water partition coefficient (Wildman–Crippen LogP) is 1.95. The molecule has 2 aliphatic carbocycles. The van der Waals surface area contributed by atoms with E-state index < -0.39 is 33.4 Å². The van der Waals surface area contributed by atoms with Gasteiger partial charge >= 0.3 is 0 Å². The monoisotopic (exact) mass is 583 g/mol. The second-order valence-electron chi connectivity index (χ2n) is 10.4. The van der Waals surface area contributed by atoms with Crippen LogP contribution in [-0.4, -0.2) is 38.5 Å². The maximum absolute atomic E-state index is 13.2. The number of hydrogen-bond donors (Lipinski definition) is 1. The van der Waals surface area contributed by atoms with Crippen LogP contribution >= 0.6 is 0 Å². The van der Waals surface area contributed by atoms with Crippen molar-refractivity contribution in [2.75, 3.05) is 13.7 Å². The number of carbonyl (C=O) groups excluding carboxylic acids is 2. The van der Waals surface area contributed by atoms with E-state index in [0.717, 1.165) is 63.2 Å². The number of rotatable bonds is 7. The largest absolute Gasteiger partial charge is 0.744 e. The van der Waals surface area contributed by atoms with Crippen molar-refractivity contribution in [1.29, 1.82) is 0 Å². The Kier molecular flexibility index (Phi) is 7.04. The van der Waals surface area contributed by atoms with E-state index in [2.05, 4.69) is 5.32 Å². The number of nitrogens with one attached hydrogen (secondary N) is 1. The zero-order chi connectivity index (χ0) is 29.6. The van der Waals surface area contributed by atoms with Crippen LogP contribution in [0.25, 0.3) is 33.6 Å². The number of carboxylic acids is 1. The summed E-state index contributed by atoms with van der Waals surface area (Å²) in [5.41, 5.74) is 8.93. The van der Waals surface area contributed by atoms with E-state index in [0.29, 0.717) is 18.4 Å². The van der Waals surface area contributed by atoms with Crippen LogP contribution in [0.4, 0.5) is 0 Å². The fraction of sp³-hybridized carbons (Fsp3) is 0.219. The van der Waals surface area contributed by atoms with E-state index in [1.165, 1.54) is 19.2 Å². The number of aryl methyl sites for hydroxylation is 2. The fourth-order valence-electron chi connectivity index (χ4n) is 6.32. The molecular formula is C32H27N2O7S-. The topological polar surface area (TPSA) is 140 Å². The van der Waals surface area contributed by atoms with Gasteiger partial charge < -0.3 is 24.5 Å². The number of ether oxygens (including phenoxy) is 1. The van der Waals surface area contributed by atoms with Gasteiger partial charge in [-0.1, -0.05) is 42.5 Å². The summed E-state index contributed by atoms with van der Waals surface area (Å²) in [5, 5.41) is 13.5. The molecule has 0 saturated carbocycles. The summed E-state index contributed by atoms with van der Waals surface area (Å²) in [6.07, 6.45) is 2.68. The first-order chi connectivity index (χ1) is 20.2. The number of aliphatic carboxylic acids is 1. The summed E-state index contributed by atoms with van der Waals surface area (Å²) in [5.74, 6) is -1.88. The van der Waals surface area contributed by atoms with E-state index in [1.807, 2.05) is 53.1 Å². The Balaban J connectivity index is 1.71. The molecular weight excluding hydrogens is 556 g/mol. The van der Waals surface area contributed by atoms with E-state index >= 15 is 0 Å². The standard InChI is InChI=1S/C32H28N2O7S/c1-41-26-15-12-21(16-27(26)42(38,39)40)30-24-13-10-19-6-2-4-8-22(19)31(24)34(18-28(35)33-17-29(36)37)32-23-9-5-3-7-20(23)11-14-25(30)32/h2-9,12,15-16H,10-11,13-14,17-18H2,1H3,(H2-,33,35,36,37,38,39,40)/p-1. The Morgan fingerprint density at radius 2 is 1.45 bits per heavy atom. The fourth-order valence-corrected chi connectivity index (χ4v) is 6.99. The van der Waals surface area contributed by atoms with Crippen molar-refractivity contribution < 1.29 is 37.0 Å². The lowest BCUT2D eigenvalue weighted by molar-refractivity contribution is -0.663. The van der Waals surface area contributed by atoms with Crippen LogP contribution < -0.4 is 19.7 Å². The smallest absolute Gasteiger partial charge is 0.286 e. The number of nitrogens with zero attached hydrogens (tertiary/aromatic N) is 1. The van der Waals surface area contributed by atoms with Gasteiger partial charge in [-0.25, -0.2) is 8.42 Å². The summed E-state index contributed by atoms with van der Waals surface area (Å²) in [6, 6.07) is 20.5. The summed E-state index contributed by atoms with van der Waals surface area (Å²) < 4.78 is 43.9.